The van der Waals surface area contributed by atoms with E-state index < -0.39 is 0 Å². The fourth-order valence-electron chi connectivity index (χ4n) is 3.52. The highest BCUT2D eigenvalue weighted by Crippen LogP contribution is 2.19. The van der Waals surface area contributed by atoms with Crippen LogP contribution in [0.15, 0.2) is 48.5 Å². The van der Waals surface area contributed by atoms with Crippen molar-refractivity contribution in [3.63, 3.8) is 0 Å². The van der Waals surface area contributed by atoms with E-state index in [4.69, 9.17) is 12.2 Å². The van der Waals surface area contributed by atoms with Gasteiger partial charge in [-0.25, -0.2) is 0 Å². The van der Waals surface area contributed by atoms with Crippen LogP contribution in [0.4, 0.5) is 5.69 Å². The molecule has 1 fully saturated rings. The van der Waals surface area contributed by atoms with Crippen molar-refractivity contribution in [2.45, 2.75) is 45.6 Å². The van der Waals surface area contributed by atoms with Crippen LogP contribution >= 0.6 is 12.2 Å². The van der Waals surface area contributed by atoms with Crippen molar-refractivity contribution in [2.75, 3.05) is 18.4 Å². The molecule has 1 saturated heterocycles. The SMILES string of the molecule is CCC(NC(=S)Nc1ccc(C(=O)N2CCCCC2)cc1)c1ccc(C)cc1. The van der Waals surface area contributed by atoms with Crippen LogP contribution in [0.25, 0.3) is 0 Å². The molecule has 0 saturated carbocycles. The lowest BCUT2D eigenvalue weighted by Gasteiger charge is -2.26. The monoisotopic (exact) mass is 395 g/mol. The zero-order valence-electron chi connectivity index (χ0n) is 16.7. The highest BCUT2D eigenvalue weighted by atomic mass is 32.1. The van der Waals surface area contributed by atoms with Crippen molar-refractivity contribution >= 4 is 28.9 Å². The van der Waals surface area contributed by atoms with Crippen LogP contribution < -0.4 is 10.6 Å². The van der Waals surface area contributed by atoms with E-state index in [0.717, 1.165) is 43.6 Å². The third kappa shape index (κ3) is 5.32. The van der Waals surface area contributed by atoms with Crippen molar-refractivity contribution in [1.29, 1.82) is 0 Å². The Hall–Kier alpha value is -2.40. The van der Waals surface area contributed by atoms with Gasteiger partial charge < -0.3 is 15.5 Å². The van der Waals surface area contributed by atoms with Crippen molar-refractivity contribution in [2.24, 2.45) is 0 Å². The van der Waals surface area contributed by atoms with E-state index in [1.54, 1.807) is 0 Å². The molecule has 0 aromatic heterocycles. The second-order valence-electron chi connectivity index (χ2n) is 7.40. The average molecular weight is 396 g/mol. The Morgan fingerprint density at radius 1 is 1.04 bits per heavy atom. The van der Waals surface area contributed by atoms with Crippen LogP contribution in [0.3, 0.4) is 0 Å². The quantitative estimate of drug-likeness (QED) is 0.695. The summed E-state index contributed by atoms with van der Waals surface area (Å²) in [6, 6.07) is 16.3. The van der Waals surface area contributed by atoms with Gasteiger partial charge in [-0.15, -0.1) is 0 Å². The minimum absolute atomic E-state index is 0.123. The molecule has 1 amide bonds. The van der Waals surface area contributed by atoms with Gasteiger partial charge in [-0.3, -0.25) is 4.79 Å². The molecule has 1 unspecified atom stereocenters. The number of hydrogen-bond acceptors (Lipinski definition) is 2. The highest BCUT2D eigenvalue weighted by molar-refractivity contribution is 7.80. The maximum atomic E-state index is 12.6. The average Bonchev–Trinajstić information content (AvgIpc) is 2.73. The predicted octanol–water partition coefficient (Wildman–Crippen LogP) is 5.06. The van der Waals surface area contributed by atoms with Gasteiger partial charge in [0.2, 0.25) is 0 Å². The number of rotatable bonds is 5. The van der Waals surface area contributed by atoms with E-state index in [2.05, 4.69) is 48.7 Å². The van der Waals surface area contributed by atoms with Crippen molar-refractivity contribution in [3.05, 3.63) is 65.2 Å². The lowest BCUT2D eigenvalue weighted by Crippen LogP contribution is -2.35. The molecule has 3 rings (SSSR count). The maximum Gasteiger partial charge on any atom is 0.253 e. The van der Waals surface area contributed by atoms with E-state index in [-0.39, 0.29) is 11.9 Å². The summed E-state index contributed by atoms with van der Waals surface area (Å²) in [5.74, 6) is 0.123. The summed E-state index contributed by atoms with van der Waals surface area (Å²) in [6.45, 7) is 5.96. The van der Waals surface area contributed by atoms with E-state index in [9.17, 15) is 4.79 Å². The Morgan fingerprint density at radius 2 is 1.68 bits per heavy atom. The van der Waals surface area contributed by atoms with Crippen LogP contribution in [0, 0.1) is 6.92 Å². The minimum atomic E-state index is 0.123. The zero-order chi connectivity index (χ0) is 19.9. The molecule has 2 aromatic rings. The topological polar surface area (TPSA) is 44.4 Å². The van der Waals surface area contributed by atoms with Crippen LogP contribution in [-0.2, 0) is 0 Å². The number of carbonyl (C=O) groups excluding carboxylic acids is 1. The fourth-order valence-corrected chi connectivity index (χ4v) is 3.78. The van der Waals surface area contributed by atoms with Gasteiger partial charge in [0.1, 0.15) is 0 Å². The van der Waals surface area contributed by atoms with Crippen molar-refractivity contribution in [3.8, 4) is 0 Å². The van der Waals surface area contributed by atoms with Gasteiger partial charge in [-0.05, 0) is 74.7 Å². The first-order chi connectivity index (χ1) is 13.6. The number of amides is 1. The van der Waals surface area contributed by atoms with Gasteiger partial charge >= 0.3 is 0 Å². The number of nitrogens with zero attached hydrogens (tertiary/aromatic N) is 1. The second kappa shape index (κ2) is 9.69. The summed E-state index contributed by atoms with van der Waals surface area (Å²) in [7, 11) is 0. The molecule has 1 aliphatic heterocycles. The zero-order valence-corrected chi connectivity index (χ0v) is 17.5. The Morgan fingerprint density at radius 3 is 2.29 bits per heavy atom. The molecule has 1 atom stereocenters. The molecule has 5 heteroatoms. The highest BCUT2D eigenvalue weighted by Gasteiger charge is 2.18. The standard InChI is InChI=1S/C23H29N3OS/c1-3-21(18-9-7-17(2)8-10-18)25-23(28)24-20-13-11-19(12-14-20)22(27)26-15-5-4-6-16-26/h7-14,21H,3-6,15-16H2,1-2H3,(H2,24,25,28). The summed E-state index contributed by atoms with van der Waals surface area (Å²) in [6.07, 6.45) is 4.36. The van der Waals surface area contributed by atoms with Crippen LogP contribution in [0.1, 0.15) is 60.1 Å². The number of benzene rings is 2. The molecule has 0 spiro atoms. The summed E-state index contributed by atoms with van der Waals surface area (Å²) >= 11 is 5.49. The minimum Gasteiger partial charge on any atom is -0.356 e. The molecular weight excluding hydrogens is 366 g/mol. The van der Waals surface area contributed by atoms with E-state index >= 15 is 0 Å². The van der Waals surface area contributed by atoms with Gasteiger partial charge in [-0.1, -0.05) is 36.8 Å². The molecule has 1 aliphatic rings. The van der Waals surface area contributed by atoms with Gasteiger partial charge in [-0.2, -0.15) is 0 Å². The van der Waals surface area contributed by atoms with Crippen LogP contribution in [0.5, 0.6) is 0 Å². The smallest absolute Gasteiger partial charge is 0.253 e. The first kappa shape index (κ1) is 20.3. The van der Waals surface area contributed by atoms with Crippen LogP contribution in [0.2, 0.25) is 0 Å². The molecule has 2 aromatic carbocycles. The first-order valence-electron chi connectivity index (χ1n) is 10.1. The van der Waals surface area contributed by atoms with Crippen molar-refractivity contribution in [1.82, 2.24) is 10.2 Å². The molecule has 0 bridgehead atoms. The van der Waals surface area contributed by atoms with Crippen molar-refractivity contribution < 1.29 is 4.79 Å². The molecular formula is C23H29N3OS. The Labute approximate surface area is 173 Å². The number of hydrogen-bond donors (Lipinski definition) is 2. The fraction of sp³-hybridized carbons (Fsp3) is 0.391. The molecule has 2 N–H and O–H groups in total. The number of thiocarbonyl (C=S) groups is 1. The predicted molar refractivity (Wildman–Crippen MR) is 120 cm³/mol. The summed E-state index contributed by atoms with van der Waals surface area (Å²) in [5.41, 5.74) is 4.09. The van der Waals surface area contributed by atoms with Gasteiger partial charge in [0, 0.05) is 24.3 Å². The largest absolute Gasteiger partial charge is 0.356 e. The molecule has 4 nitrogen and oxygen atoms in total. The molecule has 0 radical (unpaired) electrons. The molecule has 1 heterocycles. The number of carbonyl (C=O) groups is 1. The number of aryl methyl sites for hydroxylation is 1. The molecule has 148 valence electrons. The second-order valence-corrected chi connectivity index (χ2v) is 7.81. The third-order valence-corrected chi connectivity index (χ3v) is 5.45. The number of nitrogens with one attached hydrogen (secondary N) is 2. The van der Waals surface area contributed by atoms with Crippen LogP contribution in [-0.4, -0.2) is 29.0 Å². The van der Waals surface area contributed by atoms with Gasteiger partial charge in [0.15, 0.2) is 5.11 Å². The first-order valence-corrected chi connectivity index (χ1v) is 10.5. The Balaban J connectivity index is 1.57. The summed E-state index contributed by atoms with van der Waals surface area (Å²) < 4.78 is 0. The van der Waals surface area contributed by atoms with E-state index in [1.165, 1.54) is 17.5 Å². The normalized spacial score (nSPS) is 15.0. The number of anilines is 1. The summed E-state index contributed by atoms with van der Waals surface area (Å²) in [4.78, 5) is 14.5. The van der Waals surface area contributed by atoms with Gasteiger partial charge in [0.25, 0.3) is 5.91 Å². The Bertz CT molecular complexity index is 796. The molecule has 28 heavy (non-hydrogen) atoms. The van der Waals surface area contributed by atoms with E-state index in [1.807, 2.05) is 29.2 Å². The third-order valence-electron chi connectivity index (χ3n) is 5.23. The number of likely N-dealkylation sites (tertiary alicyclic amines) is 1. The number of piperidine rings is 1. The van der Waals surface area contributed by atoms with E-state index in [0.29, 0.717) is 5.11 Å². The lowest BCUT2D eigenvalue weighted by molar-refractivity contribution is 0.0724. The van der Waals surface area contributed by atoms with Gasteiger partial charge in [0.05, 0.1) is 6.04 Å². The lowest BCUT2D eigenvalue weighted by atomic mass is 10.0. The Kier molecular flexibility index (Phi) is 7.04. The maximum absolute atomic E-state index is 12.6. The molecule has 0 aliphatic carbocycles. The summed E-state index contributed by atoms with van der Waals surface area (Å²) in [5, 5.41) is 7.20.